The molecule has 2 rings (SSSR count). The molecule has 0 bridgehead atoms. The first-order valence-electron chi connectivity index (χ1n) is 8.30. The second-order valence-electron chi connectivity index (χ2n) is 7.53. The molecule has 1 heterocycles. The highest BCUT2D eigenvalue weighted by Crippen LogP contribution is 2.36. The zero-order chi connectivity index (χ0) is 16.7. The molecule has 0 atom stereocenters. The molecule has 122 valence electrons. The smallest absolute Gasteiger partial charge is 0.399 e. The Bertz CT molecular complexity index is 524. The summed E-state index contributed by atoms with van der Waals surface area (Å²) < 4.78 is 12.4. The van der Waals surface area contributed by atoms with E-state index < -0.39 is 0 Å². The molecule has 4 heteroatoms. The number of aryl methyl sites for hydroxylation is 1. The zero-order valence-corrected chi connectivity index (χ0v) is 15.4. The Labute approximate surface area is 136 Å². The van der Waals surface area contributed by atoms with Crippen LogP contribution in [0.1, 0.15) is 54.0 Å². The van der Waals surface area contributed by atoms with Crippen LogP contribution in [0.3, 0.4) is 0 Å². The summed E-state index contributed by atoms with van der Waals surface area (Å²) in [6.45, 7) is 15.0. The van der Waals surface area contributed by atoms with Gasteiger partial charge in [0.15, 0.2) is 0 Å². The van der Waals surface area contributed by atoms with E-state index in [1.165, 1.54) is 11.3 Å². The minimum atomic E-state index is -0.300. The molecule has 0 aliphatic carbocycles. The van der Waals surface area contributed by atoms with Gasteiger partial charge < -0.3 is 14.2 Å². The number of benzene rings is 1. The molecule has 0 saturated carbocycles. The molecule has 0 aromatic heterocycles. The van der Waals surface area contributed by atoms with Crippen molar-refractivity contribution in [3.63, 3.8) is 0 Å². The first-order valence-corrected chi connectivity index (χ1v) is 8.30. The van der Waals surface area contributed by atoms with Gasteiger partial charge in [-0.05, 0) is 65.1 Å². The van der Waals surface area contributed by atoms with Gasteiger partial charge >= 0.3 is 7.12 Å². The van der Waals surface area contributed by atoms with Gasteiger partial charge in [-0.2, -0.15) is 0 Å². The second kappa shape index (κ2) is 5.90. The Balaban J connectivity index is 2.36. The van der Waals surface area contributed by atoms with E-state index in [4.69, 9.17) is 9.31 Å². The Morgan fingerprint density at radius 2 is 1.64 bits per heavy atom. The van der Waals surface area contributed by atoms with Gasteiger partial charge in [-0.15, -0.1) is 0 Å². The van der Waals surface area contributed by atoms with Gasteiger partial charge in [0.2, 0.25) is 0 Å². The number of hydrogen-bond donors (Lipinski definition) is 0. The topological polar surface area (TPSA) is 21.7 Å². The average molecular weight is 303 g/mol. The minimum Gasteiger partial charge on any atom is -0.399 e. The molecule has 0 unspecified atom stereocenters. The van der Waals surface area contributed by atoms with E-state index in [0.717, 1.165) is 11.9 Å². The van der Waals surface area contributed by atoms with Crippen LogP contribution in [0.4, 0.5) is 5.69 Å². The quantitative estimate of drug-likeness (QED) is 0.796. The number of rotatable bonds is 4. The van der Waals surface area contributed by atoms with Crippen LogP contribution in [0.25, 0.3) is 0 Å². The summed E-state index contributed by atoms with van der Waals surface area (Å²) in [5.41, 5.74) is 3.12. The van der Waals surface area contributed by atoms with Crippen molar-refractivity contribution < 1.29 is 9.31 Å². The Morgan fingerprint density at radius 1 is 1.09 bits per heavy atom. The van der Waals surface area contributed by atoms with E-state index in [0.29, 0.717) is 6.04 Å². The molecular formula is C18H30BNO2. The maximum absolute atomic E-state index is 6.18. The monoisotopic (exact) mass is 303 g/mol. The Hall–Kier alpha value is -0.995. The first-order chi connectivity index (χ1) is 10.1. The van der Waals surface area contributed by atoms with Crippen molar-refractivity contribution in [3.05, 3.63) is 23.8 Å². The number of nitrogens with zero attached hydrogens (tertiary/aromatic N) is 1. The standard InChI is InChI=1S/C18H30BNO2/c1-9-14-10-11-15(12-16(14)20(8)13(2)3)19-21-17(4,5)18(6,7)22-19/h10-13H,9H2,1-8H3. The summed E-state index contributed by atoms with van der Waals surface area (Å²) in [6, 6.07) is 7.02. The van der Waals surface area contributed by atoms with Crippen LogP contribution in [0, 0.1) is 0 Å². The fourth-order valence-electron chi connectivity index (χ4n) is 2.61. The summed E-state index contributed by atoms with van der Waals surface area (Å²) >= 11 is 0. The first kappa shape index (κ1) is 17.4. The predicted molar refractivity (Wildman–Crippen MR) is 95.1 cm³/mol. The molecule has 1 aliphatic heterocycles. The molecule has 1 fully saturated rings. The van der Waals surface area contributed by atoms with Gasteiger partial charge in [-0.25, -0.2) is 0 Å². The van der Waals surface area contributed by atoms with Gasteiger partial charge in [0.1, 0.15) is 0 Å². The largest absolute Gasteiger partial charge is 0.494 e. The van der Waals surface area contributed by atoms with Crippen molar-refractivity contribution in [3.8, 4) is 0 Å². The highest BCUT2D eigenvalue weighted by Gasteiger charge is 2.51. The van der Waals surface area contributed by atoms with Gasteiger partial charge in [0.05, 0.1) is 11.2 Å². The van der Waals surface area contributed by atoms with E-state index in [9.17, 15) is 0 Å². The normalized spacial score (nSPS) is 19.8. The summed E-state index contributed by atoms with van der Waals surface area (Å²) in [5, 5.41) is 0. The van der Waals surface area contributed by atoms with Crippen molar-refractivity contribution in [2.45, 2.75) is 72.1 Å². The third kappa shape index (κ3) is 3.04. The van der Waals surface area contributed by atoms with Crippen LogP contribution in [-0.2, 0) is 15.7 Å². The molecule has 1 aliphatic rings. The molecule has 3 nitrogen and oxygen atoms in total. The number of anilines is 1. The van der Waals surface area contributed by atoms with Crippen molar-refractivity contribution in [1.82, 2.24) is 0 Å². The fourth-order valence-corrected chi connectivity index (χ4v) is 2.61. The molecule has 0 N–H and O–H groups in total. The van der Waals surface area contributed by atoms with E-state index in [-0.39, 0.29) is 18.3 Å². The predicted octanol–water partition coefficient (Wildman–Crippen LogP) is 3.39. The summed E-state index contributed by atoms with van der Waals surface area (Å²) in [4.78, 5) is 2.31. The van der Waals surface area contributed by atoms with E-state index in [1.54, 1.807) is 0 Å². The minimum absolute atomic E-state index is 0.296. The summed E-state index contributed by atoms with van der Waals surface area (Å²) in [5.74, 6) is 0. The third-order valence-corrected chi connectivity index (χ3v) is 5.17. The van der Waals surface area contributed by atoms with E-state index >= 15 is 0 Å². The Morgan fingerprint density at radius 3 is 2.09 bits per heavy atom. The molecule has 1 saturated heterocycles. The van der Waals surface area contributed by atoms with Crippen LogP contribution < -0.4 is 10.4 Å². The van der Waals surface area contributed by atoms with Crippen molar-refractivity contribution in [2.75, 3.05) is 11.9 Å². The lowest BCUT2D eigenvalue weighted by atomic mass is 9.78. The average Bonchev–Trinajstić information content (AvgIpc) is 2.65. The lowest BCUT2D eigenvalue weighted by molar-refractivity contribution is 0.00578. The second-order valence-corrected chi connectivity index (χ2v) is 7.53. The SMILES string of the molecule is CCc1ccc(B2OC(C)(C)C(C)(C)O2)cc1N(C)C(C)C. The summed E-state index contributed by atoms with van der Waals surface area (Å²) in [6.07, 6.45) is 1.02. The lowest BCUT2D eigenvalue weighted by Gasteiger charge is -2.32. The zero-order valence-electron chi connectivity index (χ0n) is 15.4. The highest BCUT2D eigenvalue weighted by atomic mass is 16.7. The van der Waals surface area contributed by atoms with Crippen molar-refractivity contribution in [2.24, 2.45) is 0 Å². The number of hydrogen-bond acceptors (Lipinski definition) is 3. The fraction of sp³-hybridized carbons (Fsp3) is 0.667. The highest BCUT2D eigenvalue weighted by molar-refractivity contribution is 6.62. The van der Waals surface area contributed by atoms with Gasteiger partial charge in [0.25, 0.3) is 0 Å². The maximum Gasteiger partial charge on any atom is 0.494 e. The van der Waals surface area contributed by atoms with Crippen LogP contribution >= 0.6 is 0 Å². The van der Waals surface area contributed by atoms with Crippen LogP contribution in [0.5, 0.6) is 0 Å². The summed E-state index contributed by atoms with van der Waals surface area (Å²) in [7, 11) is 1.85. The molecule has 1 aromatic rings. The van der Waals surface area contributed by atoms with Gasteiger partial charge in [-0.1, -0.05) is 19.1 Å². The van der Waals surface area contributed by atoms with Crippen molar-refractivity contribution in [1.29, 1.82) is 0 Å². The van der Waals surface area contributed by atoms with E-state index in [1.807, 2.05) is 0 Å². The molecule has 1 aromatic carbocycles. The Kier molecular flexibility index (Phi) is 4.65. The molecule has 0 spiro atoms. The van der Waals surface area contributed by atoms with Crippen LogP contribution in [0.2, 0.25) is 0 Å². The lowest BCUT2D eigenvalue weighted by Crippen LogP contribution is -2.41. The molecule has 0 amide bonds. The van der Waals surface area contributed by atoms with Gasteiger partial charge in [-0.3, -0.25) is 0 Å². The maximum atomic E-state index is 6.18. The molecular weight excluding hydrogens is 273 g/mol. The van der Waals surface area contributed by atoms with Gasteiger partial charge in [0, 0.05) is 18.8 Å². The van der Waals surface area contributed by atoms with E-state index in [2.05, 4.69) is 78.6 Å². The van der Waals surface area contributed by atoms with Crippen LogP contribution in [-0.4, -0.2) is 31.4 Å². The van der Waals surface area contributed by atoms with Crippen molar-refractivity contribution >= 4 is 18.3 Å². The van der Waals surface area contributed by atoms with Crippen LogP contribution in [0.15, 0.2) is 18.2 Å². The third-order valence-electron chi connectivity index (χ3n) is 5.17. The molecule has 22 heavy (non-hydrogen) atoms. The molecule has 0 radical (unpaired) electrons.